The second-order valence-electron chi connectivity index (χ2n) is 7.67. The van der Waals surface area contributed by atoms with E-state index in [-0.39, 0.29) is 0 Å². The number of ether oxygens (including phenoxy) is 1. The second kappa shape index (κ2) is 8.62. The van der Waals surface area contributed by atoms with Gasteiger partial charge < -0.3 is 20.7 Å². The summed E-state index contributed by atoms with van der Waals surface area (Å²) in [7, 11) is 0. The zero-order chi connectivity index (χ0) is 21.0. The molecule has 1 aliphatic rings. The van der Waals surface area contributed by atoms with Crippen LogP contribution in [0.4, 0.5) is 17.2 Å². The van der Waals surface area contributed by atoms with Crippen LogP contribution in [0.1, 0.15) is 5.56 Å². The average molecular weight is 412 g/mol. The molecule has 2 heterocycles. The molecule has 1 fully saturated rings. The van der Waals surface area contributed by atoms with E-state index < -0.39 is 0 Å². The van der Waals surface area contributed by atoms with Gasteiger partial charge in [-0.3, -0.25) is 4.98 Å². The summed E-state index contributed by atoms with van der Waals surface area (Å²) in [5.74, 6) is 0.896. The van der Waals surface area contributed by atoms with Crippen molar-refractivity contribution in [2.75, 3.05) is 42.3 Å². The highest BCUT2D eigenvalue weighted by molar-refractivity contribution is 5.84. The van der Waals surface area contributed by atoms with Crippen LogP contribution in [0.2, 0.25) is 0 Å². The van der Waals surface area contributed by atoms with Gasteiger partial charge in [0.1, 0.15) is 5.82 Å². The van der Waals surface area contributed by atoms with Gasteiger partial charge in [-0.05, 0) is 41.0 Å². The number of nitrogens with one attached hydrogen (secondary N) is 1. The number of hydrogen-bond donors (Lipinski definition) is 2. The lowest BCUT2D eigenvalue weighted by molar-refractivity contribution is 0.122. The number of nitrogen functional groups attached to an aromatic ring is 1. The second-order valence-corrected chi connectivity index (χ2v) is 7.67. The van der Waals surface area contributed by atoms with Crippen LogP contribution in [0.3, 0.4) is 0 Å². The Labute approximate surface area is 181 Å². The molecule has 0 aliphatic carbocycles. The third-order valence-corrected chi connectivity index (χ3v) is 5.58. The van der Waals surface area contributed by atoms with Crippen molar-refractivity contribution in [3.63, 3.8) is 0 Å². The molecule has 4 aromatic rings. The molecule has 0 saturated carbocycles. The van der Waals surface area contributed by atoms with Crippen LogP contribution in [-0.2, 0) is 11.3 Å². The van der Waals surface area contributed by atoms with Crippen LogP contribution in [-0.4, -0.2) is 36.3 Å². The third kappa shape index (κ3) is 4.29. The molecule has 31 heavy (non-hydrogen) atoms. The Kier molecular flexibility index (Phi) is 5.37. The maximum atomic E-state index is 6.35. The fourth-order valence-corrected chi connectivity index (χ4v) is 3.82. The van der Waals surface area contributed by atoms with E-state index in [1.165, 1.54) is 5.56 Å². The Morgan fingerprint density at radius 1 is 0.903 bits per heavy atom. The molecule has 0 unspecified atom stereocenters. The molecule has 0 amide bonds. The Morgan fingerprint density at radius 2 is 1.68 bits per heavy atom. The van der Waals surface area contributed by atoms with Crippen molar-refractivity contribution in [2.24, 2.45) is 0 Å². The third-order valence-electron chi connectivity index (χ3n) is 5.58. The van der Waals surface area contributed by atoms with Crippen LogP contribution < -0.4 is 16.0 Å². The predicted molar refractivity (Wildman–Crippen MR) is 126 cm³/mol. The van der Waals surface area contributed by atoms with Crippen molar-refractivity contribution in [1.82, 2.24) is 9.97 Å². The van der Waals surface area contributed by atoms with Crippen molar-refractivity contribution < 1.29 is 4.74 Å². The summed E-state index contributed by atoms with van der Waals surface area (Å²) in [5.41, 5.74) is 13.1. The number of hydrogen-bond acceptors (Lipinski definition) is 6. The number of benzene rings is 3. The van der Waals surface area contributed by atoms with Crippen molar-refractivity contribution in [2.45, 2.75) is 6.54 Å². The van der Waals surface area contributed by atoms with Gasteiger partial charge in [0.15, 0.2) is 0 Å². The first-order valence-electron chi connectivity index (χ1n) is 10.5. The molecule has 3 aromatic carbocycles. The Morgan fingerprint density at radius 3 is 2.48 bits per heavy atom. The van der Waals surface area contributed by atoms with Gasteiger partial charge in [0.2, 0.25) is 0 Å². The van der Waals surface area contributed by atoms with E-state index in [0.717, 1.165) is 72.2 Å². The SMILES string of the molecule is Nc1cc(-c2ccc3ncc(N4CCOCC4)nc3c2)ccc1NCc1ccccc1. The molecule has 1 aromatic heterocycles. The first-order valence-corrected chi connectivity index (χ1v) is 10.5. The molecule has 0 atom stereocenters. The topological polar surface area (TPSA) is 76.3 Å². The normalized spacial score (nSPS) is 14.0. The standard InChI is InChI=1S/C25H25N5O/c26-21-14-19(6-8-22(21)27-16-18-4-2-1-3-5-18)20-7-9-23-24(15-20)29-25(17-28-23)30-10-12-31-13-11-30/h1-9,14-15,17,27H,10-13,16,26H2. The minimum Gasteiger partial charge on any atom is -0.397 e. The van der Waals surface area contributed by atoms with E-state index in [0.29, 0.717) is 0 Å². The van der Waals surface area contributed by atoms with E-state index in [2.05, 4.69) is 45.5 Å². The maximum absolute atomic E-state index is 6.35. The van der Waals surface area contributed by atoms with Gasteiger partial charge in [-0.25, -0.2) is 4.98 Å². The molecule has 0 spiro atoms. The number of nitrogens with zero attached hydrogens (tertiary/aromatic N) is 3. The van der Waals surface area contributed by atoms with Crippen molar-refractivity contribution in [3.05, 3.63) is 78.5 Å². The minimum absolute atomic E-state index is 0.724. The lowest BCUT2D eigenvalue weighted by atomic mass is 10.0. The molecule has 3 N–H and O–H groups in total. The van der Waals surface area contributed by atoms with E-state index in [9.17, 15) is 0 Å². The van der Waals surface area contributed by atoms with Crippen molar-refractivity contribution >= 4 is 28.2 Å². The number of anilines is 3. The number of nitrogens with two attached hydrogens (primary N) is 1. The predicted octanol–water partition coefficient (Wildman–Crippen LogP) is 4.33. The molecule has 0 bridgehead atoms. The van der Waals surface area contributed by atoms with Crippen LogP contribution >= 0.6 is 0 Å². The van der Waals surface area contributed by atoms with Crippen LogP contribution in [0, 0.1) is 0 Å². The zero-order valence-corrected chi connectivity index (χ0v) is 17.3. The van der Waals surface area contributed by atoms with Gasteiger partial charge in [0.25, 0.3) is 0 Å². The van der Waals surface area contributed by atoms with Gasteiger partial charge in [-0.2, -0.15) is 0 Å². The van der Waals surface area contributed by atoms with Gasteiger partial charge in [-0.1, -0.05) is 42.5 Å². The number of rotatable bonds is 5. The molecule has 1 aliphatic heterocycles. The Hall–Kier alpha value is -3.64. The molecular formula is C25H25N5O. The number of morpholine rings is 1. The number of fused-ring (bicyclic) bond motifs is 1. The molecule has 1 saturated heterocycles. The van der Waals surface area contributed by atoms with E-state index in [1.54, 1.807) is 0 Å². The summed E-state index contributed by atoms with van der Waals surface area (Å²) in [4.78, 5) is 11.7. The minimum atomic E-state index is 0.724. The van der Waals surface area contributed by atoms with Crippen LogP contribution in [0.15, 0.2) is 72.9 Å². The summed E-state index contributed by atoms with van der Waals surface area (Å²) in [6.07, 6.45) is 1.85. The van der Waals surface area contributed by atoms with E-state index in [1.807, 2.05) is 42.6 Å². The number of aromatic nitrogens is 2. The fourth-order valence-electron chi connectivity index (χ4n) is 3.82. The van der Waals surface area contributed by atoms with E-state index in [4.69, 9.17) is 15.5 Å². The highest BCUT2D eigenvalue weighted by Gasteiger charge is 2.13. The highest BCUT2D eigenvalue weighted by Crippen LogP contribution is 2.29. The molecule has 6 nitrogen and oxygen atoms in total. The summed E-state index contributed by atoms with van der Waals surface area (Å²) < 4.78 is 5.44. The van der Waals surface area contributed by atoms with Crippen LogP contribution in [0.5, 0.6) is 0 Å². The van der Waals surface area contributed by atoms with Crippen molar-refractivity contribution in [3.8, 4) is 11.1 Å². The summed E-state index contributed by atoms with van der Waals surface area (Å²) in [6, 6.07) is 22.6. The van der Waals surface area contributed by atoms with E-state index >= 15 is 0 Å². The largest absolute Gasteiger partial charge is 0.397 e. The van der Waals surface area contributed by atoms with Gasteiger partial charge >= 0.3 is 0 Å². The average Bonchev–Trinajstić information content (AvgIpc) is 2.84. The van der Waals surface area contributed by atoms with Gasteiger partial charge in [-0.15, -0.1) is 0 Å². The first-order chi connectivity index (χ1) is 15.3. The smallest absolute Gasteiger partial charge is 0.148 e. The monoisotopic (exact) mass is 411 g/mol. The van der Waals surface area contributed by atoms with Gasteiger partial charge in [0, 0.05) is 19.6 Å². The molecule has 6 heteroatoms. The quantitative estimate of drug-likeness (QED) is 0.476. The highest BCUT2D eigenvalue weighted by atomic mass is 16.5. The molecule has 156 valence electrons. The Balaban J connectivity index is 1.38. The summed E-state index contributed by atoms with van der Waals surface area (Å²) >= 11 is 0. The summed E-state index contributed by atoms with van der Waals surface area (Å²) in [5, 5.41) is 3.42. The fraction of sp³-hybridized carbons (Fsp3) is 0.200. The lowest BCUT2D eigenvalue weighted by Crippen LogP contribution is -2.36. The Bertz CT molecular complexity index is 1190. The zero-order valence-electron chi connectivity index (χ0n) is 17.3. The van der Waals surface area contributed by atoms with Crippen LogP contribution in [0.25, 0.3) is 22.2 Å². The van der Waals surface area contributed by atoms with Crippen molar-refractivity contribution in [1.29, 1.82) is 0 Å². The molecule has 5 rings (SSSR count). The first kappa shape index (κ1) is 19.3. The maximum Gasteiger partial charge on any atom is 0.148 e. The van der Waals surface area contributed by atoms with Gasteiger partial charge in [0.05, 0.1) is 41.8 Å². The summed E-state index contributed by atoms with van der Waals surface area (Å²) in [6.45, 7) is 3.87. The lowest BCUT2D eigenvalue weighted by Gasteiger charge is -2.27. The molecule has 0 radical (unpaired) electrons. The molecular weight excluding hydrogens is 386 g/mol.